The van der Waals surface area contributed by atoms with E-state index in [1.807, 2.05) is 18.2 Å². The smallest absolute Gasteiger partial charge is 0.258 e. The lowest BCUT2D eigenvalue weighted by atomic mass is 10.1. The molecule has 0 radical (unpaired) electrons. The van der Waals surface area contributed by atoms with Crippen molar-refractivity contribution in [2.75, 3.05) is 15.9 Å². The lowest BCUT2D eigenvalue weighted by Crippen LogP contribution is -2.33. The number of sulfonamides is 1. The first-order valence-electron chi connectivity index (χ1n) is 7.40. The first-order valence-corrected chi connectivity index (χ1v) is 9.30. The van der Waals surface area contributed by atoms with Crippen molar-refractivity contribution in [2.45, 2.75) is 18.9 Å². The van der Waals surface area contributed by atoms with Gasteiger partial charge in [-0.05, 0) is 49.2 Å². The molecule has 2 aromatic carbocycles. The van der Waals surface area contributed by atoms with Gasteiger partial charge in [0, 0.05) is 23.0 Å². The zero-order valence-corrected chi connectivity index (χ0v) is 13.6. The number of hydrogen-bond donors (Lipinski definition) is 1. The highest BCUT2D eigenvalue weighted by atomic mass is 32.2. The van der Waals surface area contributed by atoms with Crippen molar-refractivity contribution in [3.8, 4) is 0 Å². The predicted molar refractivity (Wildman–Crippen MR) is 91.2 cm³/mol. The van der Waals surface area contributed by atoms with Crippen molar-refractivity contribution in [3.63, 3.8) is 0 Å². The van der Waals surface area contributed by atoms with Gasteiger partial charge in [0.25, 0.3) is 5.91 Å². The minimum atomic E-state index is -3.30. The van der Waals surface area contributed by atoms with E-state index in [1.165, 1.54) is 0 Å². The Morgan fingerprint density at radius 2 is 1.65 bits per heavy atom. The lowest BCUT2D eigenvalue weighted by Gasteiger charge is -2.23. The molecule has 3 rings (SSSR count). The number of carbonyl (C=O) groups excluding carboxylic acids is 1. The van der Waals surface area contributed by atoms with Crippen LogP contribution in [0.5, 0.6) is 0 Å². The topological polar surface area (TPSA) is 66.5 Å². The first kappa shape index (κ1) is 15.6. The molecule has 23 heavy (non-hydrogen) atoms. The molecule has 1 amide bonds. The highest BCUT2D eigenvalue weighted by molar-refractivity contribution is 7.92. The van der Waals surface area contributed by atoms with Gasteiger partial charge >= 0.3 is 0 Å². The maximum absolute atomic E-state index is 12.8. The highest BCUT2D eigenvalue weighted by Gasteiger charge is 2.34. The fourth-order valence-electron chi connectivity index (χ4n) is 2.45. The summed E-state index contributed by atoms with van der Waals surface area (Å²) in [6.45, 7) is 0. The predicted octanol–water partition coefficient (Wildman–Crippen LogP) is 2.87. The van der Waals surface area contributed by atoms with Crippen LogP contribution in [0.3, 0.4) is 0 Å². The SMILES string of the molecule is CS(=O)(=O)Nc1ccc(N(C(=O)c2ccccc2)C2CC2)cc1. The van der Waals surface area contributed by atoms with E-state index in [1.54, 1.807) is 41.3 Å². The summed E-state index contributed by atoms with van der Waals surface area (Å²) in [4.78, 5) is 14.5. The number of benzene rings is 2. The Hall–Kier alpha value is -2.34. The Labute approximate surface area is 136 Å². The van der Waals surface area contributed by atoms with Crippen LogP contribution in [0.1, 0.15) is 23.2 Å². The van der Waals surface area contributed by atoms with Gasteiger partial charge in [-0.3, -0.25) is 9.52 Å². The summed E-state index contributed by atoms with van der Waals surface area (Å²) in [5.41, 5.74) is 1.91. The van der Waals surface area contributed by atoms with Gasteiger partial charge in [0.1, 0.15) is 0 Å². The molecule has 0 aliphatic heterocycles. The minimum absolute atomic E-state index is 0.0306. The fourth-order valence-corrected chi connectivity index (χ4v) is 3.01. The highest BCUT2D eigenvalue weighted by Crippen LogP contribution is 2.33. The summed E-state index contributed by atoms with van der Waals surface area (Å²) >= 11 is 0. The van der Waals surface area contributed by atoms with Gasteiger partial charge < -0.3 is 4.90 Å². The summed E-state index contributed by atoms with van der Waals surface area (Å²) in [7, 11) is -3.30. The van der Waals surface area contributed by atoms with Gasteiger partial charge in [0.05, 0.1) is 6.26 Å². The van der Waals surface area contributed by atoms with Crippen LogP contribution in [-0.2, 0) is 10.0 Å². The number of amides is 1. The van der Waals surface area contributed by atoms with Crippen molar-refractivity contribution >= 4 is 27.3 Å². The zero-order valence-electron chi connectivity index (χ0n) is 12.8. The number of nitrogens with zero attached hydrogens (tertiary/aromatic N) is 1. The third-order valence-corrected chi connectivity index (χ3v) is 4.21. The van der Waals surface area contributed by atoms with Crippen LogP contribution in [0.2, 0.25) is 0 Å². The van der Waals surface area contributed by atoms with Gasteiger partial charge in [-0.2, -0.15) is 0 Å². The number of carbonyl (C=O) groups is 1. The van der Waals surface area contributed by atoms with Crippen molar-refractivity contribution < 1.29 is 13.2 Å². The molecule has 0 atom stereocenters. The summed E-state index contributed by atoms with van der Waals surface area (Å²) in [6, 6.07) is 16.3. The Kier molecular flexibility index (Phi) is 4.09. The molecule has 1 aliphatic carbocycles. The van der Waals surface area contributed by atoms with E-state index >= 15 is 0 Å². The molecule has 1 aliphatic rings. The minimum Gasteiger partial charge on any atom is -0.305 e. The molecule has 2 aromatic rings. The van der Waals surface area contributed by atoms with Crippen LogP contribution < -0.4 is 9.62 Å². The Bertz CT molecular complexity index is 797. The second kappa shape index (κ2) is 6.04. The second-order valence-corrected chi connectivity index (χ2v) is 7.44. The van der Waals surface area contributed by atoms with Crippen LogP contribution in [0.4, 0.5) is 11.4 Å². The van der Waals surface area contributed by atoms with Crippen LogP contribution >= 0.6 is 0 Å². The van der Waals surface area contributed by atoms with E-state index in [0.717, 1.165) is 24.8 Å². The van der Waals surface area contributed by atoms with Crippen molar-refractivity contribution in [2.24, 2.45) is 0 Å². The molecule has 0 bridgehead atoms. The fraction of sp³-hybridized carbons (Fsp3) is 0.235. The summed E-state index contributed by atoms with van der Waals surface area (Å²) < 4.78 is 24.9. The van der Waals surface area contributed by atoms with E-state index in [9.17, 15) is 13.2 Å². The lowest BCUT2D eigenvalue weighted by molar-refractivity contribution is 0.0985. The van der Waals surface area contributed by atoms with E-state index in [-0.39, 0.29) is 11.9 Å². The molecular formula is C17H18N2O3S. The first-order chi connectivity index (χ1) is 10.9. The maximum atomic E-state index is 12.8. The van der Waals surface area contributed by atoms with Crippen molar-refractivity contribution in [1.82, 2.24) is 0 Å². The molecule has 6 heteroatoms. The number of rotatable bonds is 5. The third kappa shape index (κ3) is 3.90. The van der Waals surface area contributed by atoms with E-state index in [2.05, 4.69) is 4.72 Å². The Balaban J connectivity index is 1.86. The number of hydrogen-bond acceptors (Lipinski definition) is 3. The molecule has 1 saturated carbocycles. The number of anilines is 2. The third-order valence-electron chi connectivity index (χ3n) is 3.60. The molecule has 0 unspecified atom stereocenters. The van der Waals surface area contributed by atoms with Gasteiger partial charge in [0.2, 0.25) is 10.0 Å². The second-order valence-electron chi connectivity index (χ2n) is 5.69. The maximum Gasteiger partial charge on any atom is 0.258 e. The van der Waals surface area contributed by atoms with Crippen LogP contribution in [-0.4, -0.2) is 26.6 Å². The molecule has 0 saturated heterocycles. The van der Waals surface area contributed by atoms with E-state index < -0.39 is 10.0 Å². The van der Waals surface area contributed by atoms with Crippen molar-refractivity contribution in [3.05, 3.63) is 60.2 Å². The molecular weight excluding hydrogens is 312 g/mol. The average molecular weight is 330 g/mol. The monoisotopic (exact) mass is 330 g/mol. The largest absolute Gasteiger partial charge is 0.305 e. The molecule has 0 spiro atoms. The molecule has 1 fully saturated rings. The van der Waals surface area contributed by atoms with E-state index in [4.69, 9.17) is 0 Å². The summed E-state index contributed by atoms with van der Waals surface area (Å²) in [5.74, 6) is -0.0306. The van der Waals surface area contributed by atoms with Crippen LogP contribution in [0.25, 0.3) is 0 Å². The van der Waals surface area contributed by atoms with E-state index in [0.29, 0.717) is 11.3 Å². The zero-order chi connectivity index (χ0) is 16.4. The van der Waals surface area contributed by atoms with Gasteiger partial charge in [0.15, 0.2) is 0 Å². The van der Waals surface area contributed by atoms with Gasteiger partial charge in [-0.1, -0.05) is 18.2 Å². The molecule has 1 N–H and O–H groups in total. The number of nitrogens with one attached hydrogen (secondary N) is 1. The van der Waals surface area contributed by atoms with Crippen LogP contribution in [0.15, 0.2) is 54.6 Å². The standard InChI is InChI=1S/C17H18N2O3S/c1-23(21,22)18-14-7-9-15(10-8-14)19(16-11-12-16)17(20)13-5-3-2-4-6-13/h2-10,16,18H,11-12H2,1H3. The summed E-state index contributed by atoms with van der Waals surface area (Å²) in [6.07, 6.45) is 3.08. The van der Waals surface area contributed by atoms with Gasteiger partial charge in [-0.25, -0.2) is 8.42 Å². The quantitative estimate of drug-likeness (QED) is 0.917. The normalized spacial score (nSPS) is 14.3. The summed E-state index contributed by atoms with van der Waals surface area (Å²) in [5, 5.41) is 0. The van der Waals surface area contributed by atoms with Crippen LogP contribution in [0, 0.1) is 0 Å². The molecule has 0 aromatic heterocycles. The average Bonchev–Trinajstić information content (AvgIpc) is 3.33. The molecule has 120 valence electrons. The Morgan fingerprint density at radius 1 is 1.04 bits per heavy atom. The van der Waals surface area contributed by atoms with Crippen molar-refractivity contribution in [1.29, 1.82) is 0 Å². The Morgan fingerprint density at radius 3 is 2.17 bits per heavy atom. The molecule has 5 nitrogen and oxygen atoms in total. The molecule has 0 heterocycles. The van der Waals surface area contributed by atoms with Gasteiger partial charge in [-0.15, -0.1) is 0 Å².